The molecule has 0 spiro atoms. The van der Waals surface area contributed by atoms with Crippen molar-refractivity contribution in [2.24, 2.45) is 5.92 Å². The molecule has 2 unspecified atom stereocenters. The Balaban J connectivity index is 2.32. The number of rotatable bonds is 0. The molecule has 1 aliphatic carbocycles. The number of carbonyl (C=O) groups is 1. The van der Waals surface area contributed by atoms with Crippen molar-refractivity contribution in [3.63, 3.8) is 0 Å². The molecule has 0 bridgehead atoms. The summed E-state index contributed by atoms with van der Waals surface area (Å²) in [6.07, 6.45) is 3.94. The molecule has 0 saturated heterocycles. The van der Waals surface area contributed by atoms with E-state index in [1.54, 1.807) is 0 Å². The molecule has 0 N–H and O–H groups in total. The summed E-state index contributed by atoms with van der Waals surface area (Å²) in [4.78, 5) is 11.6. The largest absolute Gasteiger partial charge is 0.495 e. The molecule has 2 nitrogen and oxygen atoms in total. The van der Waals surface area contributed by atoms with Crippen LogP contribution in [0.25, 0.3) is 0 Å². The zero-order chi connectivity index (χ0) is 9.42. The molecule has 0 aromatic heterocycles. The molecule has 0 fully saturated rings. The number of hydrogen-bond acceptors (Lipinski definition) is 2. The molecule has 1 heterocycles. The smallest absolute Gasteiger partial charge is 0.162 e. The zero-order valence-corrected chi connectivity index (χ0v) is 8.30. The number of Topliss-reactive ketones (excluding diaryl/α,β-unsaturated/α-hetero) is 1. The Bertz CT molecular complexity index is 265. The second kappa shape index (κ2) is 3.17. The third-order valence-electron chi connectivity index (χ3n) is 2.93. The predicted molar refractivity (Wildman–Crippen MR) is 50.2 cm³/mol. The van der Waals surface area contributed by atoms with E-state index in [4.69, 9.17) is 4.74 Å². The van der Waals surface area contributed by atoms with Crippen LogP contribution in [0.2, 0.25) is 0 Å². The fourth-order valence-corrected chi connectivity index (χ4v) is 2.41. The van der Waals surface area contributed by atoms with Gasteiger partial charge in [-0.05, 0) is 25.7 Å². The van der Waals surface area contributed by atoms with Gasteiger partial charge in [0.05, 0.1) is 6.10 Å². The van der Waals surface area contributed by atoms with Gasteiger partial charge < -0.3 is 4.74 Å². The Labute approximate surface area is 79.0 Å². The highest BCUT2D eigenvalue weighted by Crippen LogP contribution is 2.35. The molecule has 0 aromatic carbocycles. The van der Waals surface area contributed by atoms with Crippen molar-refractivity contribution in [1.82, 2.24) is 0 Å². The summed E-state index contributed by atoms with van der Waals surface area (Å²) in [5.74, 6) is 1.72. The van der Waals surface area contributed by atoms with Crippen molar-refractivity contribution >= 4 is 5.78 Å². The SMILES string of the molecule is CC1CC(C)C2=C(CCCC2=O)O1. The summed E-state index contributed by atoms with van der Waals surface area (Å²) in [6.45, 7) is 4.22. The minimum absolute atomic E-state index is 0.291. The first-order valence-corrected chi connectivity index (χ1v) is 5.11. The third kappa shape index (κ3) is 1.50. The molecule has 0 amide bonds. The molecule has 0 aromatic rings. The number of ether oxygens (including phenoxy) is 1. The van der Waals surface area contributed by atoms with Crippen LogP contribution in [0.4, 0.5) is 0 Å². The van der Waals surface area contributed by atoms with Gasteiger partial charge in [0, 0.05) is 18.4 Å². The fourth-order valence-electron chi connectivity index (χ4n) is 2.41. The van der Waals surface area contributed by atoms with Crippen LogP contribution in [0.5, 0.6) is 0 Å². The minimum atomic E-state index is 0.291. The normalized spacial score (nSPS) is 34.2. The number of carbonyl (C=O) groups excluding carboxylic acids is 1. The van der Waals surface area contributed by atoms with Crippen LogP contribution in [0, 0.1) is 5.92 Å². The molecule has 2 rings (SSSR count). The van der Waals surface area contributed by atoms with E-state index < -0.39 is 0 Å². The van der Waals surface area contributed by atoms with Gasteiger partial charge in [-0.1, -0.05) is 6.92 Å². The van der Waals surface area contributed by atoms with Crippen LogP contribution < -0.4 is 0 Å². The molecule has 13 heavy (non-hydrogen) atoms. The van der Waals surface area contributed by atoms with E-state index in [0.29, 0.717) is 17.8 Å². The van der Waals surface area contributed by atoms with Crippen molar-refractivity contribution in [3.8, 4) is 0 Å². The van der Waals surface area contributed by atoms with E-state index in [1.165, 1.54) is 0 Å². The quantitative estimate of drug-likeness (QED) is 0.572. The molecule has 72 valence electrons. The first-order chi connectivity index (χ1) is 6.18. The van der Waals surface area contributed by atoms with Crippen molar-refractivity contribution in [2.75, 3.05) is 0 Å². The van der Waals surface area contributed by atoms with E-state index in [0.717, 1.165) is 37.0 Å². The molecule has 2 heteroatoms. The molecule has 2 aliphatic rings. The van der Waals surface area contributed by atoms with Crippen molar-refractivity contribution in [2.45, 2.75) is 45.6 Å². The summed E-state index contributed by atoms with van der Waals surface area (Å²) in [7, 11) is 0. The van der Waals surface area contributed by atoms with Gasteiger partial charge in [-0.2, -0.15) is 0 Å². The molecule has 1 aliphatic heterocycles. The Hall–Kier alpha value is -0.790. The summed E-state index contributed by atoms with van der Waals surface area (Å²) < 4.78 is 5.69. The van der Waals surface area contributed by atoms with E-state index in [9.17, 15) is 4.79 Å². The van der Waals surface area contributed by atoms with Gasteiger partial charge in [0.1, 0.15) is 5.76 Å². The van der Waals surface area contributed by atoms with Crippen LogP contribution in [0.15, 0.2) is 11.3 Å². The topological polar surface area (TPSA) is 26.3 Å². The second-order valence-electron chi connectivity index (χ2n) is 4.18. The Morgan fingerprint density at radius 3 is 2.85 bits per heavy atom. The van der Waals surface area contributed by atoms with Crippen molar-refractivity contribution < 1.29 is 9.53 Å². The average molecular weight is 180 g/mol. The Morgan fingerprint density at radius 2 is 2.08 bits per heavy atom. The maximum Gasteiger partial charge on any atom is 0.162 e. The third-order valence-corrected chi connectivity index (χ3v) is 2.93. The van der Waals surface area contributed by atoms with E-state index in [2.05, 4.69) is 13.8 Å². The van der Waals surface area contributed by atoms with Gasteiger partial charge in [0.15, 0.2) is 5.78 Å². The summed E-state index contributed by atoms with van der Waals surface area (Å²) in [5.41, 5.74) is 0.990. The highest BCUT2D eigenvalue weighted by atomic mass is 16.5. The maximum atomic E-state index is 11.6. The van der Waals surface area contributed by atoms with Gasteiger partial charge >= 0.3 is 0 Å². The molecule has 0 saturated carbocycles. The van der Waals surface area contributed by atoms with Crippen LogP contribution in [-0.4, -0.2) is 11.9 Å². The maximum absolute atomic E-state index is 11.6. The molecule has 0 radical (unpaired) electrons. The van der Waals surface area contributed by atoms with Crippen molar-refractivity contribution in [3.05, 3.63) is 11.3 Å². The van der Waals surface area contributed by atoms with E-state index in [1.807, 2.05) is 0 Å². The fraction of sp³-hybridized carbons (Fsp3) is 0.727. The summed E-state index contributed by atoms with van der Waals surface area (Å²) >= 11 is 0. The van der Waals surface area contributed by atoms with Crippen molar-refractivity contribution in [1.29, 1.82) is 0 Å². The second-order valence-corrected chi connectivity index (χ2v) is 4.18. The van der Waals surface area contributed by atoms with Crippen LogP contribution >= 0.6 is 0 Å². The Kier molecular flexibility index (Phi) is 2.14. The van der Waals surface area contributed by atoms with Gasteiger partial charge in [0.25, 0.3) is 0 Å². The monoisotopic (exact) mass is 180 g/mol. The van der Waals surface area contributed by atoms with Gasteiger partial charge in [-0.15, -0.1) is 0 Å². The van der Waals surface area contributed by atoms with E-state index >= 15 is 0 Å². The van der Waals surface area contributed by atoms with Crippen LogP contribution in [0.3, 0.4) is 0 Å². The molecule has 2 atom stereocenters. The number of allylic oxidation sites excluding steroid dienone is 2. The number of ketones is 1. The lowest BCUT2D eigenvalue weighted by molar-refractivity contribution is -0.117. The Morgan fingerprint density at radius 1 is 1.31 bits per heavy atom. The van der Waals surface area contributed by atoms with Gasteiger partial charge in [-0.25, -0.2) is 0 Å². The van der Waals surface area contributed by atoms with Crippen LogP contribution in [-0.2, 0) is 9.53 Å². The first kappa shape index (κ1) is 8.79. The lowest BCUT2D eigenvalue weighted by Gasteiger charge is -2.32. The van der Waals surface area contributed by atoms with Crippen LogP contribution in [0.1, 0.15) is 39.5 Å². The minimum Gasteiger partial charge on any atom is -0.495 e. The highest BCUT2D eigenvalue weighted by Gasteiger charge is 2.31. The lowest BCUT2D eigenvalue weighted by atomic mass is 9.83. The summed E-state index contributed by atoms with van der Waals surface area (Å²) in [5, 5.41) is 0. The molecular formula is C11H16O2. The average Bonchev–Trinajstić information content (AvgIpc) is 2.02. The highest BCUT2D eigenvalue weighted by molar-refractivity contribution is 5.97. The summed E-state index contributed by atoms with van der Waals surface area (Å²) in [6, 6.07) is 0. The standard InChI is InChI=1S/C11H16O2/c1-7-6-8(2)13-10-5-3-4-9(12)11(7)10/h7-8H,3-6H2,1-2H3. The van der Waals surface area contributed by atoms with Gasteiger partial charge in [0.2, 0.25) is 0 Å². The van der Waals surface area contributed by atoms with E-state index in [-0.39, 0.29) is 0 Å². The zero-order valence-electron chi connectivity index (χ0n) is 8.30. The first-order valence-electron chi connectivity index (χ1n) is 5.11. The predicted octanol–water partition coefficient (Wildman–Crippen LogP) is 2.44. The lowest BCUT2D eigenvalue weighted by Crippen LogP contribution is -2.28. The van der Waals surface area contributed by atoms with Gasteiger partial charge in [-0.3, -0.25) is 4.79 Å². The molecular weight excluding hydrogens is 164 g/mol. The number of hydrogen-bond donors (Lipinski definition) is 0.